The minimum Gasteiger partial charge on any atom is -0.317 e. The number of hydrogen-bond donors (Lipinski definition) is 2. The minimum absolute atomic E-state index is 0.572. The lowest BCUT2D eigenvalue weighted by Gasteiger charge is -2.06. The fourth-order valence-electron chi connectivity index (χ4n) is 3.13. The van der Waals surface area contributed by atoms with Gasteiger partial charge in [-0.2, -0.15) is 10.2 Å². The maximum absolute atomic E-state index is 12.2. The molecular weight excluding hydrogens is 482 g/mol. The zero-order valence-corrected chi connectivity index (χ0v) is 19.3. The van der Waals surface area contributed by atoms with Crippen LogP contribution in [0.25, 0.3) is 16.9 Å². The lowest BCUT2D eigenvalue weighted by atomic mass is 10.1. The minimum atomic E-state index is -0.866. The van der Waals surface area contributed by atoms with Gasteiger partial charge in [-0.1, -0.05) is 64.5 Å². The molecule has 0 spiro atoms. The third kappa shape index (κ3) is 5.42. The van der Waals surface area contributed by atoms with E-state index in [0.29, 0.717) is 16.9 Å². The molecule has 8 heteroatoms. The summed E-state index contributed by atoms with van der Waals surface area (Å²) in [7, 11) is 0. The van der Waals surface area contributed by atoms with Crippen LogP contribution in [-0.2, 0) is 9.59 Å². The smallest absolute Gasteiger partial charge is 0.317 e. The van der Waals surface area contributed by atoms with E-state index in [1.165, 1.54) is 6.21 Å². The molecule has 2 amide bonds. The van der Waals surface area contributed by atoms with Gasteiger partial charge in [-0.25, -0.2) is 10.1 Å². The number of nitrogens with one attached hydrogen (secondary N) is 2. The fourth-order valence-corrected chi connectivity index (χ4v) is 3.39. The van der Waals surface area contributed by atoms with Crippen molar-refractivity contribution in [1.29, 1.82) is 0 Å². The maximum Gasteiger partial charge on any atom is 0.329 e. The molecule has 0 saturated carbocycles. The predicted octanol–water partition coefficient (Wildman–Crippen LogP) is 4.70. The van der Waals surface area contributed by atoms with Gasteiger partial charge in [-0.3, -0.25) is 9.59 Å². The number of amides is 2. The zero-order chi connectivity index (χ0) is 23.2. The number of carbonyl (C=O) groups excluding carboxylic acids is 2. The number of para-hydroxylation sites is 2. The van der Waals surface area contributed by atoms with Crippen LogP contribution in [0.15, 0.2) is 94.6 Å². The van der Waals surface area contributed by atoms with Crippen molar-refractivity contribution >= 4 is 39.6 Å². The SMILES string of the molecule is Cc1ccccc1NC(=O)C(=O)N/N=C\c1cn(-c2ccccc2)nc1-c1ccc(Br)cc1. The molecule has 0 aliphatic rings. The Balaban J connectivity index is 1.54. The molecular formula is C25H20BrN5O2. The molecule has 0 aliphatic carbocycles. The van der Waals surface area contributed by atoms with E-state index in [-0.39, 0.29) is 0 Å². The number of nitrogens with zero attached hydrogens (tertiary/aromatic N) is 3. The summed E-state index contributed by atoms with van der Waals surface area (Å²) in [5.74, 6) is -1.66. The lowest BCUT2D eigenvalue weighted by Crippen LogP contribution is -2.32. The van der Waals surface area contributed by atoms with E-state index in [2.05, 4.69) is 31.8 Å². The monoisotopic (exact) mass is 501 g/mol. The summed E-state index contributed by atoms with van der Waals surface area (Å²) in [6, 6.07) is 24.6. The molecule has 4 rings (SSSR count). The normalized spacial score (nSPS) is 10.8. The van der Waals surface area contributed by atoms with Crippen LogP contribution in [0, 0.1) is 6.92 Å². The van der Waals surface area contributed by atoms with E-state index in [9.17, 15) is 9.59 Å². The first-order valence-corrected chi connectivity index (χ1v) is 10.9. The quantitative estimate of drug-likeness (QED) is 0.236. The van der Waals surface area contributed by atoms with Gasteiger partial charge in [0, 0.05) is 27.5 Å². The molecule has 0 unspecified atom stereocenters. The van der Waals surface area contributed by atoms with Gasteiger partial charge < -0.3 is 5.32 Å². The first kappa shape index (κ1) is 22.2. The van der Waals surface area contributed by atoms with Gasteiger partial charge in [-0.15, -0.1) is 0 Å². The number of halogens is 1. The molecule has 2 N–H and O–H groups in total. The molecule has 164 valence electrons. The van der Waals surface area contributed by atoms with Crippen molar-refractivity contribution in [3.63, 3.8) is 0 Å². The molecule has 1 heterocycles. The average molecular weight is 502 g/mol. The summed E-state index contributed by atoms with van der Waals surface area (Å²) in [6.07, 6.45) is 3.29. The van der Waals surface area contributed by atoms with E-state index in [4.69, 9.17) is 5.10 Å². The summed E-state index contributed by atoms with van der Waals surface area (Å²) >= 11 is 3.44. The highest BCUT2D eigenvalue weighted by Crippen LogP contribution is 2.24. The summed E-state index contributed by atoms with van der Waals surface area (Å²) in [5, 5.41) is 11.3. The van der Waals surface area contributed by atoms with E-state index in [1.807, 2.05) is 79.9 Å². The highest BCUT2D eigenvalue weighted by Gasteiger charge is 2.15. The van der Waals surface area contributed by atoms with Gasteiger partial charge in [0.25, 0.3) is 0 Å². The predicted molar refractivity (Wildman–Crippen MR) is 132 cm³/mol. The Labute approximate surface area is 199 Å². The van der Waals surface area contributed by atoms with Gasteiger partial charge >= 0.3 is 11.8 Å². The average Bonchev–Trinajstić information content (AvgIpc) is 3.25. The molecule has 3 aromatic carbocycles. The van der Waals surface area contributed by atoms with Gasteiger partial charge in [0.2, 0.25) is 0 Å². The molecule has 1 aromatic heterocycles. The topological polar surface area (TPSA) is 88.4 Å². The Morgan fingerprint density at radius 1 is 0.939 bits per heavy atom. The standard InChI is InChI=1S/C25H20BrN5O2/c1-17-7-5-6-10-22(17)28-24(32)25(33)29-27-15-19-16-31(21-8-3-2-4-9-21)30-23(19)18-11-13-20(26)14-12-18/h2-16H,1H3,(H,28,32)(H,29,33)/b27-15-. The Bertz CT molecular complexity index is 1310. The number of benzene rings is 3. The molecule has 0 bridgehead atoms. The Morgan fingerprint density at radius 3 is 2.36 bits per heavy atom. The molecule has 4 aromatic rings. The van der Waals surface area contributed by atoms with Gasteiger partial charge in [0.05, 0.1) is 11.9 Å². The van der Waals surface area contributed by atoms with Gasteiger partial charge in [0.1, 0.15) is 5.69 Å². The van der Waals surface area contributed by atoms with E-state index in [0.717, 1.165) is 21.3 Å². The second-order valence-electron chi connectivity index (χ2n) is 7.19. The second kappa shape index (κ2) is 10.1. The number of carbonyl (C=O) groups is 2. The summed E-state index contributed by atoms with van der Waals surface area (Å²) in [4.78, 5) is 24.4. The van der Waals surface area contributed by atoms with Crippen molar-refractivity contribution in [2.75, 3.05) is 5.32 Å². The second-order valence-corrected chi connectivity index (χ2v) is 8.10. The number of anilines is 1. The molecule has 0 saturated heterocycles. The zero-order valence-electron chi connectivity index (χ0n) is 17.7. The number of aromatic nitrogens is 2. The van der Waals surface area contributed by atoms with E-state index in [1.54, 1.807) is 16.8 Å². The number of rotatable bonds is 5. The highest BCUT2D eigenvalue weighted by atomic mass is 79.9. The van der Waals surface area contributed by atoms with Crippen LogP contribution in [0.3, 0.4) is 0 Å². The molecule has 0 aliphatic heterocycles. The van der Waals surface area contributed by atoms with Crippen molar-refractivity contribution in [2.24, 2.45) is 5.10 Å². The first-order valence-electron chi connectivity index (χ1n) is 10.1. The third-order valence-corrected chi connectivity index (χ3v) is 5.38. The number of hydrogen-bond acceptors (Lipinski definition) is 4. The molecule has 0 radical (unpaired) electrons. The van der Waals surface area contributed by atoms with Crippen LogP contribution >= 0.6 is 15.9 Å². The lowest BCUT2D eigenvalue weighted by molar-refractivity contribution is -0.136. The van der Waals surface area contributed by atoms with E-state index >= 15 is 0 Å². The van der Waals surface area contributed by atoms with Crippen LogP contribution in [-0.4, -0.2) is 27.8 Å². The molecule has 33 heavy (non-hydrogen) atoms. The van der Waals surface area contributed by atoms with Crippen molar-refractivity contribution in [1.82, 2.24) is 15.2 Å². The highest BCUT2D eigenvalue weighted by molar-refractivity contribution is 9.10. The maximum atomic E-state index is 12.2. The molecule has 0 fully saturated rings. The first-order chi connectivity index (χ1) is 16.0. The fraction of sp³-hybridized carbons (Fsp3) is 0.0400. The number of aryl methyl sites for hydroxylation is 1. The summed E-state index contributed by atoms with van der Waals surface area (Å²) in [6.45, 7) is 1.85. The third-order valence-electron chi connectivity index (χ3n) is 4.85. The van der Waals surface area contributed by atoms with Crippen LogP contribution in [0.5, 0.6) is 0 Å². The Kier molecular flexibility index (Phi) is 6.75. The van der Waals surface area contributed by atoms with E-state index < -0.39 is 11.8 Å². The van der Waals surface area contributed by atoms with Gasteiger partial charge in [0.15, 0.2) is 0 Å². The van der Waals surface area contributed by atoms with Crippen LogP contribution < -0.4 is 10.7 Å². The number of hydrazone groups is 1. The van der Waals surface area contributed by atoms with Crippen molar-refractivity contribution in [2.45, 2.75) is 6.92 Å². The van der Waals surface area contributed by atoms with Crippen molar-refractivity contribution < 1.29 is 9.59 Å². The van der Waals surface area contributed by atoms with Crippen LogP contribution in [0.4, 0.5) is 5.69 Å². The van der Waals surface area contributed by atoms with Crippen LogP contribution in [0.1, 0.15) is 11.1 Å². The largest absolute Gasteiger partial charge is 0.329 e. The molecule has 0 atom stereocenters. The summed E-state index contributed by atoms with van der Waals surface area (Å²) in [5.41, 5.74) is 6.85. The van der Waals surface area contributed by atoms with Crippen LogP contribution in [0.2, 0.25) is 0 Å². The Morgan fingerprint density at radius 2 is 1.64 bits per heavy atom. The summed E-state index contributed by atoms with van der Waals surface area (Å²) < 4.78 is 2.70. The van der Waals surface area contributed by atoms with Crippen molar-refractivity contribution in [3.05, 3.63) is 101 Å². The Hall–Kier alpha value is -4.04. The van der Waals surface area contributed by atoms with Crippen molar-refractivity contribution in [3.8, 4) is 16.9 Å². The molecule has 7 nitrogen and oxygen atoms in total. The van der Waals surface area contributed by atoms with Gasteiger partial charge in [-0.05, 0) is 42.8 Å².